The molecule has 0 aliphatic carbocycles. The minimum Gasteiger partial charge on any atom is -0.460 e. The van der Waals surface area contributed by atoms with E-state index in [4.69, 9.17) is 18.9 Å². The predicted octanol–water partition coefficient (Wildman–Crippen LogP) is 7.35. The van der Waals surface area contributed by atoms with Gasteiger partial charge in [0.05, 0.1) is 0 Å². The van der Waals surface area contributed by atoms with Crippen molar-refractivity contribution >= 4 is 86.8 Å². The largest absolute Gasteiger partial charge is 0.460 e. The summed E-state index contributed by atoms with van der Waals surface area (Å²) in [5.41, 5.74) is 1.42. The van der Waals surface area contributed by atoms with E-state index in [9.17, 15) is 33.6 Å². The van der Waals surface area contributed by atoms with Gasteiger partial charge in [0.15, 0.2) is 18.3 Å². The molecule has 0 unspecified atom stereocenters. The van der Waals surface area contributed by atoms with Crippen LogP contribution in [0.3, 0.4) is 0 Å². The Hall–Kier alpha value is -3.85. The van der Waals surface area contributed by atoms with Crippen LogP contribution < -0.4 is 0 Å². The topological polar surface area (TPSA) is 169 Å². The molecule has 0 aromatic heterocycles. The van der Waals surface area contributed by atoms with Crippen LogP contribution in [0, 0.1) is 30.8 Å². The summed E-state index contributed by atoms with van der Waals surface area (Å²) in [5, 5.41) is 0. The Morgan fingerprint density at radius 1 is 0.464 bits per heavy atom. The number of nitrogens with zero attached hydrogens (tertiary/aromatic N) is 4. The van der Waals surface area contributed by atoms with Crippen molar-refractivity contribution in [3.63, 3.8) is 0 Å². The summed E-state index contributed by atoms with van der Waals surface area (Å²) in [6, 6.07) is 10.5. The summed E-state index contributed by atoms with van der Waals surface area (Å²) in [7, 11) is 6.07. The first kappa shape index (κ1) is 59.5. The third kappa shape index (κ3) is 18.4. The molecule has 3 rings (SSSR count). The minimum atomic E-state index is -1.41. The Morgan fingerprint density at radius 2 is 0.768 bits per heavy atom. The fourth-order valence-corrected chi connectivity index (χ4v) is 9.02. The van der Waals surface area contributed by atoms with Gasteiger partial charge in [-0.3, -0.25) is 24.1 Å². The number of halogens is 2. The van der Waals surface area contributed by atoms with Gasteiger partial charge in [0.25, 0.3) is 17.7 Å². The fraction of sp³-hybridized carbons (Fsp3) is 0.635. The lowest BCUT2D eigenvalue weighted by atomic mass is 10.00. The molecule has 17 heteroatoms. The van der Waals surface area contributed by atoms with E-state index in [1.54, 1.807) is 18.9 Å². The van der Waals surface area contributed by atoms with E-state index >= 15 is 0 Å². The van der Waals surface area contributed by atoms with Gasteiger partial charge < -0.3 is 33.6 Å². The molecule has 0 spiro atoms. The van der Waals surface area contributed by atoms with Crippen molar-refractivity contribution in [1.29, 1.82) is 0 Å². The Morgan fingerprint density at radius 3 is 1.13 bits per heavy atom. The number of amides is 3. The van der Waals surface area contributed by atoms with Crippen LogP contribution in [-0.4, -0.2) is 145 Å². The van der Waals surface area contributed by atoms with Gasteiger partial charge in [-0.2, -0.15) is 0 Å². The monoisotopic (exact) mass is 1190 g/mol. The molecule has 2 aromatic rings. The first-order chi connectivity index (χ1) is 32.2. The standard InChI is InChI=1S/C52H76I2N4O11/c1-30(2)23-40-49(62)68-44(27-36-15-19-38(53)20-16-36)47(60)58(14)42(25-32(5)6)51(64)67-35(10)46(59)56(12)43(26-33(7)8)52(65)69-45(28-37-17-21-39(54)22-18-37)48(61)57(13)41(24-31(3)4)50(63)66-34(9)29-55(40)11/h15-22,30-35,40-45H,23-29H2,1-14H3/t34-,35-,40+,41+,42+,43+,44-,45-/m1/s1. The second-order valence-corrected chi connectivity index (χ2v) is 22.7. The van der Waals surface area contributed by atoms with Gasteiger partial charge in [0, 0.05) is 47.7 Å². The van der Waals surface area contributed by atoms with Crippen molar-refractivity contribution in [3.8, 4) is 0 Å². The molecule has 15 nitrogen and oxygen atoms in total. The van der Waals surface area contributed by atoms with Crippen LogP contribution in [0.5, 0.6) is 0 Å². The second-order valence-electron chi connectivity index (χ2n) is 20.2. The van der Waals surface area contributed by atoms with Gasteiger partial charge in [-0.1, -0.05) is 79.7 Å². The van der Waals surface area contributed by atoms with Crippen molar-refractivity contribution in [2.45, 2.75) is 156 Å². The quantitative estimate of drug-likeness (QED) is 0.118. The number of carbonyl (C=O) groups excluding carboxylic acids is 7. The number of carbonyl (C=O) groups is 7. The van der Waals surface area contributed by atoms with Gasteiger partial charge >= 0.3 is 23.9 Å². The molecule has 1 aliphatic rings. The maximum atomic E-state index is 14.7. The summed E-state index contributed by atoms with van der Waals surface area (Å²) >= 11 is 4.35. The third-order valence-electron chi connectivity index (χ3n) is 12.1. The van der Waals surface area contributed by atoms with Crippen LogP contribution >= 0.6 is 45.2 Å². The zero-order valence-corrected chi connectivity index (χ0v) is 47.3. The molecule has 384 valence electrons. The van der Waals surface area contributed by atoms with E-state index in [0.29, 0.717) is 12.0 Å². The predicted molar refractivity (Wildman–Crippen MR) is 281 cm³/mol. The Balaban J connectivity index is 2.23. The molecule has 69 heavy (non-hydrogen) atoms. The van der Waals surface area contributed by atoms with Crippen LogP contribution in [0.15, 0.2) is 48.5 Å². The van der Waals surface area contributed by atoms with Gasteiger partial charge in [-0.15, -0.1) is 0 Å². The highest BCUT2D eigenvalue weighted by Gasteiger charge is 2.42. The van der Waals surface area contributed by atoms with E-state index < -0.39 is 90.2 Å². The van der Waals surface area contributed by atoms with Crippen LogP contribution in [0.25, 0.3) is 0 Å². The number of hydrogen-bond acceptors (Lipinski definition) is 12. The number of benzene rings is 2. The molecule has 0 N–H and O–H groups in total. The van der Waals surface area contributed by atoms with E-state index in [0.717, 1.165) is 12.7 Å². The molecular formula is C52H76I2N4O11. The molecular weight excluding hydrogens is 1110 g/mol. The number of hydrogen-bond donors (Lipinski definition) is 0. The first-order valence-electron chi connectivity index (χ1n) is 24.0. The molecule has 1 aliphatic heterocycles. The van der Waals surface area contributed by atoms with Crippen molar-refractivity contribution in [2.24, 2.45) is 23.7 Å². The number of esters is 4. The molecule has 0 bridgehead atoms. The van der Waals surface area contributed by atoms with Gasteiger partial charge in [0.1, 0.15) is 30.3 Å². The lowest BCUT2D eigenvalue weighted by Gasteiger charge is -2.35. The Labute approximate surface area is 437 Å². The SMILES string of the molecule is CC(C)C[C@H]1C(=O)O[C@H](Cc2ccc(I)cc2)C(=O)N(C)[C@@H](CC(C)C)C(=O)O[C@H](C)C(=O)N(C)[C@@H](CC(C)C)C(=O)O[C@H](Cc2ccc(I)cc2)C(=O)N(C)[C@@H](CC(C)C)C(=O)O[C@H](C)CN1C. The van der Waals surface area contributed by atoms with Crippen LogP contribution in [0.2, 0.25) is 0 Å². The van der Waals surface area contributed by atoms with Gasteiger partial charge in [0.2, 0.25) is 0 Å². The summed E-state index contributed by atoms with van der Waals surface area (Å²) in [4.78, 5) is 107. The van der Waals surface area contributed by atoms with E-state index in [-0.39, 0.29) is 62.3 Å². The smallest absolute Gasteiger partial charge is 0.329 e. The number of cyclic esters (lactones) is 4. The molecule has 0 saturated carbocycles. The molecule has 1 heterocycles. The number of ether oxygens (including phenoxy) is 4. The lowest BCUT2D eigenvalue weighted by Crippen LogP contribution is -2.54. The third-order valence-corrected chi connectivity index (χ3v) is 13.5. The van der Waals surface area contributed by atoms with E-state index in [1.165, 1.54) is 42.8 Å². The molecule has 8 atom stereocenters. The summed E-state index contributed by atoms with van der Waals surface area (Å²) in [5.74, 6) is -5.34. The molecule has 1 fully saturated rings. The van der Waals surface area contributed by atoms with E-state index in [2.05, 4.69) is 45.2 Å². The van der Waals surface area contributed by atoms with Crippen LogP contribution in [-0.2, 0) is 65.4 Å². The first-order valence-corrected chi connectivity index (χ1v) is 26.2. The summed E-state index contributed by atoms with van der Waals surface area (Å²) in [6.07, 6.45) is -4.13. The number of likely N-dealkylation sites (N-methyl/N-ethyl adjacent to an activating group) is 4. The highest BCUT2D eigenvalue weighted by atomic mass is 127. The van der Waals surface area contributed by atoms with Crippen molar-refractivity contribution < 1.29 is 52.5 Å². The molecule has 2 aromatic carbocycles. The zero-order valence-electron chi connectivity index (χ0n) is 43.0. The molecule has 0 radical (unpaired) electrons. The summed E-state index contributed by atoms with van der Waals surface area (Å²) in [6.45, 7) is 18.5. The van der Waals surface area contributed by atoms with Crippen molar-refractivity contribution in [1.82, 2.24) is 19.6 Å². The number of rotatable bonds is 12. The van der Waals surface area contributed by atoms with Crippen LogP contribution in [0.1, 0.15) is 106 Å². The molecule has 1 saturated heterocycles. The maximum Gasteiger partial charge on any atom is 0.329 e. The zero-order chi connectivity index (χ0) is 52.0. The average Bonchev–Trinajstić information content (AvgIpc) is 3.26. The minimum absolute atomic E-state index is 0.00345. The van der Waals surface area contributed by atoms with Crippen molar-refractivity contribution in [3.05, 3.63) is 66.8 Å². The van der Waals surface area contributed by atoms with Gasteiger partial charge in [-0.05, 0) is 151 Å². The van der Waals surface area contributed by atoms with Gasteiger partial charge in [-0.25, -0.2) is 14.4 Å². The highest BCUT2D eigenvalue weighted by Crippen LogP contribution is 2.24. The highest BCUT2D eigenvalue weighted by molar-refractivity contribution is 14.1. The van der Waals surface area contributed by atoms with Crippen molar-refractivity contribution in [2.75, 3.05) is 34.7 Å². The normalized spacial score (nSPS) is 25.3. The van der Waals surface area contributed by atoms with E-state index in [1.807, 2.05) is 104 Å². The fourth-order valence-electron chi connectivity index (χ4n) is 8.30. The average molecular weight is 1190 g/mol. The maximum absolute atomic E-state index is 14.7. The van der Waals surface area contributed by atoms with Crippen LogP contribution in [0.4, 0.5) is 0 Å². The Bertz CT molecular complexity index is 2050. The Kier molecular flexibility index (Phi) is 23.8. The lowest BCUT2D eigenvalue weighted by molar-refractivity contribution is -0.174. The molecule has 3 amide bonds. The summed E-state index contributed by atoms with van der Waals surface area (Å²) < 4.78 is 26.2. The second kappa shape index (κ2) is 27.7.